The Hall–Kier alpha value is 0.210. The van der Waals surface area contributed by atoms with Gasteiger partial charge in [-0.1, -0.05) is 6.92 Å². The molecule has 0 unspecified atom stereocenters. The molecule has 1 rings (SSSR count). The lowest BCUT2D eigenvalue weighted by molar-refractivity contribution is 0.135. The Morgan fingerprint density at radius 3 is 2.71 bits per heavy atom. The van der Waals surface area contributed by atoms with Gasteiger partial charge in [0, 0.05) is 25.6 Å². The highest BCUT2D eigenvalue weighted by Gasteiger charge is 2.40. The third-order valence-corrected chi connectivity index (χ3v) is 3.04. The van der Waals surface area contributed by atoms with E-state index in [1.807, 2.05) is 0 Å². The van der Waals surface area contributed by atoms with Crippen molar-refractivity contribution in [1.82, 2.24) is 5.32 Å². The molecule has 14 heavy (non-hydrogen) atoms. The Bertz CT molecular complexity index is 148. The van der Waals surface area contributed by atoms with E-state index in [4.69, 9.17) is 16.3 Å². The molecular formula is C11H22ClNO. The van der Waals surface area contributed by atoms with Crippen molar-refractivity contribution in [1.29, 1.82) is 0 Å². The Morgan fingerprint density at radius 2 is 2.14 bits per heavy atom. The lowest BCUT2D eigenvalue weighted by Crippen LogP contribution is -2.27. The van der Waals surface area contributed by atoms with Crippen molar-refractivity contribution in [3.05, 3.63) is 0 Å². The first-order chi connectivity index (χ1) is 6.83. The minimum absolute atomic E-state index is 0.548. The van der Waals surface area contributed by atoms with Gasteiger partial charge in [0.2, 0.25) is 0 Å². The Labute approximate surface area is 92.3 Å². The Balaban J connectivity index is 1.88. The molecule has 0 atom stereocenters. The largest absolute Gasteiger partial charge is 0.380 e. The summed E-state index contributed by atoms with van der Waals surface area (Å²) in [5.41, 5.74) is 0.548. The summed E-state index contributed by atoms with van der Waals surface area (Å²) in [6, 6.07) is 0. The molecule has 1 fully saturated rings. The summed E-state index contributed by atoms with van der Waals surface area (Å²) in [7, 11) is 0. The smallest absolute Gasteiger partial charge is 0.0590 e. The van der Waals surface area contributed by atoms with E-state index < -0.39 is 0 Å². The van der Waals surface area contributed by atoms with Crippen molar-refractivity contribution in [3.63, 3.8) is 0 Å². The van der Waals surface area contributed by atoms with Crippen LogP contribution in [-0.2, 0) is 4.74 Å². The summed E-state index contributed by atoms with van der Waals surface area (Å²) >= 11 is 5.75. The summed E-state index contributed by atoms with van der Waals surface area (Å²) in [4.78, 5) is 0. The first kappa shape index (κ1) is 12.3. The van der Waals surface area contributed by atoms with Gasteiger partial charge in [-0.3, -0.25) is 0 Å². The molecule has 0 aliphatic heterocycles. The predicted molar refractivity (Wildman–Crippen MR) is 61.0 cm³/mol. The second-order valence-electron chi connectivity index (χ2n) is 4.23. The third kappa shape index (κ3) is 4.63. The van der Waals surface area contributed by atoms with E-state index >= 15 is 0 Å². The number of hydrogen-bond donors (Lipinski definition) is 1. The van der Waals surface area contributed by atoms with Crippen LogP contribution in [0, 0.1) is 5.41 Å². The van der Waals surface area contributed by atoms with Gasteiger partial charge in [-0.05, 0) is 31.1 Å². The van der Waals surface area contributed by atoms with Crippen molar-refractivity contribution in [2.75, 3.05) is 32.2 Å². The van der Waals surface area contributed by atoms with Crippen LogP contribution in [0.5, 0.6) is 0 Å². The fourth-order valence-corrected chi connectivity index (χ4v) is 2.04. The summed E-state index contributed by atoms with van der Waals surface area (Å²) < 4.78 is 5.39. The molecule has 0 radical (unpaired) electrons. The van der Waals surface area contributed by atoms with Crippen LogP contribution in [0.3, 0.4) is 0 Å². The lowest BCUT2D eigenvalue weighted by atomic mass is 10.0. The number of alkyl halides is 1. The molecule has 1 aliphatic rings. The average molecular weight is 220 g/mol. The minimum Gasteiger partial charge on any atom is -0.380 e. The predicted octanol–water partition coefficient (Wildman–Crippen LogP) is 2.41. The van der Waals surface area contributed by atoms with Crippen LogP contribution in [0.15, 0.2) is 0 Å². The van der Waals surface area contributed by atoms with Gasteiger partial charge in [0.05, 0.1) is 6.61 Å². The van der Waals surface area contributed by atoms with Crippen molar-refractivity contribution in [3.8, 4) is 0 Å². The van der Waals surface area contributed by atoms with Crippen molar-refractivity contribution in [2.45, 2.75) is 32.6 Å². The van der Waals surface area contributed by atoms with Crippen LogP contribution >= 0.6 is 11.6 Å². The summed E-state index contributed by atoms with van der Waals surface area (Å²) in [6.45, 7) is 5.95. The number of ether oxygens (including phenoxy) is 1. The van der Waals surface area contributed by atoms with E-state index in [-0.39, 0.29) is 0 Å². The zero-order valence-corrected chi connectivity index (χ0v) is 9.91. The van der Waals surface area contributed by atoms with Gasteiger partial charge in [-0.15, -0.1) is 11.6 Å². The van der Waals surface area contributed by atoms with E-state index in [9.17, 15) is 0 Å². The van der Waals surface area contributed by atoms with Crippen LogP contribution in [0.2, 0.25) is 0 Å². The van der Waals surface area contributed by atoms with E-state index in [1.54, 1.807) is 0 Å². The molecule has 0 amide bonds. The van der Waals surface area contributed by atoms with Gasteiger partial charge in [-0.2, -0.15) is 0 Å². The highest BCUT2D eigenvalue weighted by Crippen LogP contribution is 2.48. The Kier molecular flexibility index (Phi) is 5.83. The molecule has 0 heterocycles. The summed E-state index contributed by atoms with van der Waals surface area (Å²) in [5, 5.41) is 3.45. The molecular weight excluding hydrogens is 198 g/mol. The van der Waals surface area contributed by atoms with E-state index in [2.05, 4.69) is 12.2 Å². The zero-order chi connectivity index (χ0) is 10.3. The molecule has 1 aliphatic carbocycles. The van der Waals surface area contributed by atoms with Crippen LogP contribution in [-0.4, -0.2) is 32.2 Å². The quantitative estimate of drug-likeness (QED) is 0.475. The number of hydrogen-bond acceptors (Lipinski definition) is 2. The maximum absolute atomic E-state index is 5.75. The van der Waals surface area contributed by atoms with Gasteiger partial charge in [0.25, 0.3) is 0 Å². The van der Waals surface area contributed by atoms with E-state index in [1.165, 1.54) is 12.8 Å². The normalized spacial score (nSPS) is 18.4. The second-order valence-corrected chi connectivity index (χ2v) is 4.61. The van der Waals surface area contributed by atoms with Gasteiger partial charge < -0.3 is 10.1 Å². The molecule has 2 nitrogen and oxygen atoms in total. The van der Waals surface area contributed by atoms with Crippen molar-refractivity contribution < 1.29 is 4.74 Å². The fourth-order valence-electron chi connectivity index (χ4n) is 1.64. The average Bonchev–Trinajstić information content (AvgIpc) is 2.93. The zero-order valence-electron chi connectivity index (χ0n) is 9.15. The molecule has 0 aromatic rings. The van der Waals surface area contributed by atoms with Gasteiger partial charge in [0.1, 0.15) is 0 Å². The fraction of sp³-hybridized carbons (Fsp3) is 1.00. The molecule has 0 saturated heterocycles. The molecule has 0 aromatic heterocycles. The number of nitrogens with one attached hydrogen (secondary N) is 1. The number of halogens is 1. The second kappa shape index (κ2) is 6.65. The lowest BCUT2D eigenvalue weighted by Gasteiger charge is -2.14. The summed E-state index contributed by atoms with van der Waals surface area (Å²) in [6.07, 6.45) is 4.97. The van der Waals surface area contributed by atoms with Gasteiger partial charge in [-0.25, -0.2) is 0 Å². The molecule has 0 spiro atoms. The SMILES string of the molecule is CCCOCCNCC1(CCCl)CC1. The minimum atomic E-state index is 0.548. The topological polar surface area (TPSA) is 21.3 Å². The number of rotatable bonds is 9. The third-order valence-electron chi connectivity index (χ3n) is 2.85. The van der Waals surface area contributed by atoms with Crippen molar-refractivity contribution >= 4 is 11.6 Å². The molecule has 3 heteroatoms. The van der Waals surface area contributed by atoms with E-state index in [0.717, 1.165) is 45.0 Å². The maximum atomic E-state index is 5.75. The van der Waals surface area contributed by atoms with E-state index in [0.29, 0.717) is 5.41 Å². The first-order valence-electron chi connectivity index (χ1n) is 5.67. The van der Waals surface area contributed by atoms with Gasteiger partial charge >= 0.3 is 0 Å². The highest BCUT2D eigenvalue weighted by atomic mass is 35.5. The Morgan fingerprint density at radius 1 is 1.36 bits per heavy atom. The van der Waals surface area contributed by atoms with Crippen LogP contribution < -0.4 is 5.32 Å². The summed E-state index contributed by atoms with van der Waals surface area (Å²) in [5.74, 6) is 0.800. The monoisotopic (exact) mass is 219 g/mol. The van der Waals surface area contributed by atoms with Crippen LogP contribution in [0.1, 0.15) is 32.6 Å². The first-order valence-corrected chi connectivity index (χ1v) is 6.21. The van der Waals surface area contributed by atoms with Crippen LogP contribution in [0.25, 0.3) is 0 Å². The van der Waals surface area contributed by atoms with Crippen LogP contribution in [0.4, 0.5) is 0 Å². The maximum Gasteiger partial charge on any atom is 0.0590 e. The molecule has 1 saturated carbocycles. The molecule has 0 aromatic carbocycles. The molecule has 0 bridgehead atoms. The molecule has 84 valence electrons. The van der Waals surface area contributed by atoms with Gasteiger partial charge in [0.15, 0.2) is 0 Å². The standard InChI is InChI=1S/C11H22ClNO/c1-2-8-14-9-7-13-10-11(3-4-11)5-6-12/h13H,2-10H2,1H3. The van der Waals surface area contributed by atoms with Crippen molar-refractivity contribution in [2.24, 2.45) is 5.41 Å². The molecule has 1 N–H and O–H groups in total. The highest BCUT2D eigenvalue weighted by molar-refractivity contribution is 6.17.